The van der Waals surface area contributed by atoms with Crippen molar-refractivity contribution in [1.82, 2.24) is 15.2 Å². The Bertz CT molecular complexity index is 456. The predicted molar refractivity (Wildman–Crippen MR) is 89.7 cm³/mol. The van der Waals surface area contributed by atoms with Crippen molar-refractivity contribution in [3.05, 3.63) is 24.0 Å². The van der Waals surface area contributed by atoms with Gasteiger partial charge in [0, 0.05) is 55.4 Å². The number of anilines is 1. The molecular formula is C17H30N4. The molecule has 0 amide bonds. The highest BCUT2D eigenvalue weighted by molar-refractivity contribution is 5.53. The zero-order valence-electron chi connectivity index (χ0n) is 14.2. The van der Waals surface area contributed by atoms with Gasteiger partial charge in [-0.25, -0.2) is 0 Å². The van der Waals surface area contributed by atoms with Crippen molar-refractivity contribution in [3.8, 4) is 0 Å². The lowest BCUT2D eigenvalue weighted by atomic mass is 9.99. The maximum Gasteiger partial charge on any atom is 0.0443 e. The van der Waals surface area contributed by atoms with Gasteiger partial charge in [0.15, 0.2) is 0 Å². The Balaban J connectivity index is 2.09. The van der Waals surface area contributed by atoms with Crippen LogP contribution in [0.25, 0.3) is 0 Å². The van der Waals surface area contributed by atoms with Crippen molar-refractivity contribution in [2.45, 2.75) is 39.8 Å². The molecule has 1 N–H and O–H groups in total. The van der Waals surface area contributed by atoms with Crippen LogP contribution in [0.3, 0.4) is 0 Å². The fraction of sp³-hybridized carbons (Fsp3) is 0.706. The molecule has 1 aromatic heterocycles. The molecule has 1 saturated heterocycles. The van der Waals surface area contributed by atoms with E-state index in [1.165, 1.54) is 11.3 Å². The second-order valence-electron chi connectivity index (χ2n) is 7.18. The van der Waals surface area contributed by atoms with Crippen LogP contribution in [0.1, 0.15) is 33.3 Å². The summed E-state index contributed by atoms with van der Waals surface area (Å²) in [7, 11) is 2.22. The lowest BCUT2D eigenvalue weighted by Gasteiger charge is -2.46. The van der Waals surface area contributed by atoms with Gasteiger partial charge < -0.3 is 10.2 Å². The number of likely N-dealkylation sites (N-methyl/N-ethyl adjacent to an activating group) is 1. The van der Waals surface area contributed by atoms with Gasteiger partial charge in [0.2, 0.25) is 0 Å². The standard InChI is InChI=1S/C17H30N4/c1-14(2)10-19-12-15-11-18-7-6-16(15)21-9-8-20(5)17(3,4)13-21/h6-7,11,14,19H,8-10,12-13H2,1-5H3. The van der Waals surface area contributed by atoms with Gasteiger partial charge in [-0.05, 0) is 39.4 Å². The van der Waals surface area contributed by atoms with Crippen LogP contribution in [0, 0.1) is 5.92 Å². The van der Waals surface area contributed by atoms with E-state index in [9.17, 15) is 0 Å². The Labute approximate surface area is 129 Å². The Kier molecular flexibility index (Phi) is 5.22. The quantitative estimate of drug-likeness (QED) is 0.902. The first-order valence-corrected chi connectivity index (χ1v) is 8.00. The van der Waals surface area contributed by atoms with Crippen molar-refractivity contribution in [1.29, 1.82) is 0 Å². The van der Waals surface area contributed by atoms with Crippen LogP contribution < -0.4 is 10.2 Å². The molecule has 0 atom stereocenters. The van der Waals surface area contributed by atoms with Gasteiger partial charge in [-0.15, -0.1) is 0 Å². The maximum absolute atomic E-state index is 4.31. The predicted octanol–water partition coefficient (Wildman–Crippen LogP) is 2.36. The van der Waals surface area contributed by atoms with E-state index >= 15 is 0 Å². The molecule has 1 aromatic rings. The molecule has 0 saturated carbocycles. The van der Waals surface area contributed by atoms with E-state index in [1.807, 2.05) is 12.4 Å². The first-order chi connectivity index (χ1) is 9.90. The minimum atomic E-state index is 0.212. The lowest BCUT2D eigenvalue weighted by molar-refractivity contribution is 0.139. The number of rotatable bonds is 5. The molecule has 0 aliphatic carbocycles. The van der Waals surface area contributed by atoms with Crippen molar-refractivity contribution in [2.75, 3.05) is 38.1 Å². The van der Waals surface area contributed by atoms with Crippen molar-refractivity contribution >= 4 is 5.69 Å². The number of aromatic nitrogens is 1. The molecule has 21 heavy (non-hydrogen) atoms. The number of piperazine rings is 1. The molecule has 118 valence electrons. The van der Waals surface area contributed by atoms with E-state index in [1.54, 1.807) is 0 Å². The van der Waals surface area contributed by atoms with Crippen molar-refractivity contribution < 1.29 is 0 Å². The molecule has 0 bridgehead atoms. The largest absolute Gasteiger partial charge is 0.368 e. The second-order valence-corrected chi connectivity index (χ2v) is 7.18. The summed E-state index contributed by atoms with van der Waals surface area (Å²) in [6, 6.07) is 2.16. The Morgan fingerprint density at radius 3 is 2.76 bits per heavy atom. The maximum atomic E-state index is 4.31. The average molecular weight is 290 g/mol. The third-order valence-corrected chi connectivity index (χ3v) is 4.40. The van der Waals surface area contributed by atoms with Gasteiger partial charge in [-0.2, -0.15) is 0 Å². The number of hydrogen-bond acceptors (Lipinski definition) is 4. The van der Waals surface area contributed by atoms with Crippen molar-refractivity contribution in [3.63, 3.8) is 0 Å². The summed E-state index contributed by atoms with van der Waals surface area (Å²) >= 11 is 0. The molecule has 1 aliphatic heterocycles. The molecule has 0 spiro atoms. The second kappa shape index (κ2) is 6.75. The molecule has 2 rings (SSSR count). The topological polar surface area (TPSA) is 31.4 Å². The van der Waals surface area contributed by atoms with Crippen LogP contribution in [0.5, 0.6) is 0 Å². The molecule has 4 nitrogen and oxygen atoms in total. The third kappa shape index (κ3) is 4.17. The van der Waals surface area contributed by atoms with Gasteiger partial charge in [0.05, 0.1) is 0 Å². The van der Waals surface area contributed by atoms with Gasteiger partial charge in [0.25, 0.3) is 0 Å². The van der Waals surface area contributed by atoms with Gasteiger partial charge >= 0.3 is 0 Å². The summed E-state index contributed by atoms with van der Waals surface area (Å²) < 4.78 is 0. The van der Waals surface area contributed by atoms with Gasteiger partial charge in [0.1, 0.15) is 0 Å². The van der Waals surface area contributed by atoms with E-state index in [0.29, 0.717) is 5.92 Å². The average Bonchev–Trinajstić information content (AvgIpc) is 2.42. The minimum absolute atomic E-state index is 0.212. The zero-order chi connectivity index (χ0) is 15.5. The zero-order valence-corrected chi connectivity index (χ0v) is 14.2. The monoisotopic (exact) mass is 290 g/mol. The van der Waals surface area contributed by atoms with Gasteiger partial charge in [-0.3, -0.25) is 9.88 Å². The minimum Gasteiger partial charge on any atom is -0.368 e. The van der Waals surface area contributed by atoms with E-state index in [2.05, 4.69) is 60.9 Å². The molecular weight excluding hydrogens is 260 g/mol. The number of nitrogens with one attached hydrogen (secondary N) is 1. The normalized spacial score (nSPS) is 19.2. The number of pyridine rings is 1. The summed E-state index contributed by atoms with van der Waals surface area (Å²) in [5.74, 6) is 0.674. The summed E-state index contributed by atoms with van der Waals surface area (Å²) in [5, 5.41) is 3.53. The fourth-order valence-electron chi connectivity index (χ4n) is 2.81. The smallest absolute Gasteiger partial charge is 0.0443 e. The van der Waals surface area contributed by atoms with E-state index in [4.69, 9.17) is 0 Å². The van der Waals surface area contributed by atoms with E-state index in [0.717, 1.165) is 32.7 Å². The fourth-order valence-corrected chi connectivity index (χ4v) is 2.81. The highest BCUT2D eigenvalue weighted by Crippen LogP contribution is 2.26. The Morgan fingerprint density at radius 2 is 2.10 bits per heavy atom. The SMILES string of the molecule is CC(C)CNCc1cnccc1N1CCN(C)C(C)(C)C1. The number of hydrogen-bond donors (Lipinski definition) is 1. The summed E-state index contributed by atoms with van der Waals surface area (Å²) in [6.07, 6.45) is 3.92. The number of nitrogens with zero attached hydrogens (tertiary/aromatic N) is 3. The highest BCUT2D eigenvalue weighted by Gasteiger charge is 2.31. The highest BCUT2D eigenvalue weighted by atomic mass is 15.3. The van der Waals surface area contributed by atoms with Crippen LogP contribution in [0.15, 0.2) is 18.5 Å². The van der Waals surface area contributed by atoms with Crippen LogP contribution in [-0.4, -0.2) is 48.6 Å². The first kappa shape index (κ1) is 16.2. The van der Waals surface area contributed by atoms with Crippen LogP contribution in [0.4, 0.5) is 5.69 Å². The molecule has 4 heteroatoms. The van der Waals surface area contributed by atoms with E-state index in [-0.39, 0.29) is 5.54 Å². The molecule has 1 fully saturated rings. The lowest BCUT2D eigenvalue weighted by Crippen LogP contribution is -2.57. The Hall–Kier alpha value is -1.13. The molecule has 0 radical (unpaired) electrons. The Morgan fingerprint density at radius 1 is 1.33 bits per heavy atom. The van der Waals surface area contributed by atoms with Crippen LogP contribution >= 0.6 is 0 Å². The van der Waals surface area contributed by atoms with Gasteiger partial charge in [-0.1, -0.05) is 13.8 Å². The van der Waals surface area contributed by atoms with E-state index < -0.39 is 0 Å². The summed E-state index contributed by atoms with van der Waals surface area (Å²) in [5.41, 5.74) is 2.85. The molecule has 0 aromatic carbocycles. The summed E-state index contributed by atoms with van der Waals surface area (Å²) in [4.78, 5) is 9.27. The molecule has 0 unspecified atom stereocenters. The van der Waals surface area contributed by atoms with Crippen molar-refractivity contribution in [2.24, 2.45) is 5.92 Å². The third-order valence-electron chi connectivity index (χ3n) is 4.40. The molecule has 1 aliphatic rings. The first-order valence-electron chi connectivity index (χ1n) is 8.00. The van der Waals surface area contributed by atoms with Crippen LogP contribution in [-0.2, 0) is 6.54 Å². The summed E-state index contributed by atoms with van der Waals surface area (Å²) in [6.45, 7) is 14.3. The van der Waals surface area contributed by atoms with Crippen LogP contribution in [0.2, 0.25) is 0 Å². The molecule has 2 heterocycles.